The van der Waals surface area contributed by atoms with Gasteiger partial charge in [0.25, 0.3) is 0 Å². The number of unbranched alkanes of at least 4 members (excludes halogenated alkanes) is 1. The molecule has 11 heteroatoms. The Morgan fingerprint density at radius 1 is 1.03 bits per heavy atom. The van der Waals surface area contributed by atoms with Crippen LogP contribution in [0.15, 0.2) is 77.7 Å². The van der Waals surface area contributed by atoms with Crippen LogP contribution in [0.1, 0.15) is 41.4 Å². The number of esters is 1. The number of sulfonamides is 1. The summed E-state index contributed by atoms with van der Waals surface area (Å²) in [4.78, 5) is 13.4. The van der Waals surface area contributed by atoms with Crippen molar-refractivity contribution in [3.8, 4) is 28.4 Å². The van der Waals surface area contributed by atoms with Crippen molar-refractivity contribution in [1.29, 1.82) is 0 Å². The first-order valence-electron chi connectivity index (χ1n) is 12.2. The van der Waals surface area contributed by atoms with Crippen LogP contribution < -0.4 is 20.3 Å². The summed E-state index contributed by atoms with van der Waals surface area (Å²) in [6.45, 7) is 4.33. The van der Waals surface area contributed by atoms with Gasteiger partial charge >= 0.3 is 5.97 Å². The highest BCUT2D eigenvalue weighted by Crippen LogP contribution is 2.31. The average Bonchev–Trinajstić information content (AvgIpc) is 3.30. The fourth-order valence-corrected chi connectivity index (χ4v) is 4.48. The molecule has 202 valence electrons. The Labute approximate surface area is 232 Å². The number of ether oxygens (including phenoxy) is 2. The molecule has 3 aromatic carbocycles. The fraction of sp³-hybridized carbons (Fsp3) is 0.179. The summed E-state index contributed by atoms with van der Waals surface area (Å²) in [5.41, 5.74) is 9.44. The average molecular weight is 565 g/mol. The van der Waals surface area contributed by atoms with Gasteiger partial charge in [-0.05, 0) is 80.1 Å². The van der Waals surface area contributed by atoms with Crippen molar-refractivity contribution in [3.05, 3.63) is 89.6 Å². The van der Waals surface area contributed by atoms with Crippen molar-refractivity contribution in [1.82, 2.24) is 9.78 Å². The van der Waals surface area contributed by atoms with Crippen LogP contribution in [0, 0.1) is 6.92 Å². The zero-order valence-corrected chi connectivity index (χ0v) is 23.1. The lowest BCUT2D eigenvalue weighted by Gasteiger charge is -2.14. The molecular formula is C28H28N4O5S2. The molecule has 0 fully saturated rings. The summed E-state index contributed by atoms with van der Waals surface area (Å²) in [5, 5.41) is 9.80. The molecule has 9 nitrogen and oxygen atoms in total. The molecule has 0 aliphatic rings. The molecule has 4 N–H and O–H groups in total. The van der Waals surface area contributed by atoms with Gasteiger partial charge in [0.05, 0.1) is 28.6 Å². The molecule has 0 spiro atoms. The maximum absolute atomic E-state index is 13.1. The Balaban J connectivity index is 1.68. The van der Waals surface area contributed by atoms with E-state index in [4.69, 9.17) is 32.6 Å². The van der Waals surface area contributed by atoms with Gasteiger partial charge in [-0.2, -0.15) is 5.10 Å². The maximum Gasteiger partial charge on any atom is 0.347 e. The van der Waals surface area contributed by atoms with Gasteiger partial charge in [0.1, 0.15) is 22.1 Å². The van der Waals surface area contributed by atoms with Crippen molar-refractivity contribution in [2.75, 3.05) is 6.61 Å². The second kappa shape index (κ2) is 11.8. The monoisotopic (exact) mass is 564 g/mol. The summed E-state index contributed by atoms with van der Waals surface area (Å²) >= 11 is 4.97. The number of hydrogen-bond acceptors (Lipinski definition) is 7. The van der Waals surface area contributed by atoms with Crippen LogP contribution in [0.2, 0.25) is 0 Å². The molecule has 4 aromatic rings. The number of carbonyl (C=O) groups is 1. The van der Waals surface area contributed by atoms with Gasteiger partial charge in [-0.1, -0.05) is 31.6 Å². The number of benzene rings is 3. The van der Waals surface area contributed by atoms with Gasteiger partial charge in [0.2, 0.25) is 10.0 Å². The van der Waals surface area contributed by atoms with Gasteiger partial charge in [-0.3, -0.25) is 0 Å². The number of aryl methyl sites for hydroxylation is 1. The van der Waals surface area contributed by atoms with Gasteiger partial charge < -0.3 is 15.2 Å². The van der Waals surface area contributed by atoms with E-state index in [1.807, 2.05) is 19.9 Å². The van der Waals surface area contributed by atoms with Crippen LogP contribution >= 0.6 is 12.2 Å². The van der Waals surface area contributed by atoms with E-state index in [1.165, 1.54) is 12.1 Å². The van der Waals surface area contributed by atoms with Crippen LogP contribution in [0.3, 0.4) is 0 Å². The highest BCUT2D eigenvalue weighted by molar-refractivity contribution is 7.89. The maximum atomic E-state index is 13.1. The van der Waals surface area contributed by atoms with E-state index in [1.54, 1.807) is 59.3 Å². The van der Waals surface area contributed by atoms with Crippen molar-refractivity contribution in [2.45, 2.75) is 31.6 Å². The highest BCUT2D eigenvalue weighted by atomic mass is 32.2. The van der Waals surface area contributed by atoms with Crippen molar-refractivity contribution in [2.24, 2.45) is 10.9 Å². The predicted octanol–water partition coefficient (Wildman–Crippen LogP) is 4.53. The van der Waals surface area contributed by atoms with Crippen LogP contribution in [0.4, 0.5) is 0 Å². The molecule has 0 unspecified atom stereocenters. The third-order valence-corrected chi connectivity index (χ3v) is 7.01. The first-order valence-corrected chi connectivity index (χ1v) is 14.1. The molecule has 0 bridgehead atoms. The van der Waals surface area contributed by atoms with Crippen LogP contribution in [-0.2, 0) is 10.0 Å². The van der Waals surface area contributed by atoms with E-state index in [9.17, 15) is 13.2 Å². The third kappa shape index (κ3) is 6.69. The summed E-state index contributed by atoms with van der Waals surface area (Å²) in [5.74, 6) is 0.153. The highest BCUT2D eigenvalue weighted by Gasteiger charge is 2.19. The lowest BCUT2D eigenvalue weighted by Crippen LogP contribution is -2.13. The topological polar surface area (TPSA) is 140 Å². The number of hydrogen-bond donors (Lipinski definition) is 2. The first kappa shape index (κ1) is 28.0. The quantitative estimate of drug-likeness (QED) is 0.124. The summed E-state index contributed by atoms with van der Waals surface area (Å²) in [6, 6.07) is 19.8. The fourth-order valence-electron chi connectivity index (χ4n) is 3.82. The molecule has 4 rings (SSSR count). The van der Waals surface area contributed by atoms with E-state index in [-0.39, 0.29) is 15.4 Å². The van der Waals surface area contributed by atoms with Gasteiger partial charge in [0, 0.05) is 11.1 Å². The van der Waals surface area contributed by atoms with E-state index in [0.717, 1.165) is 29.8 Å². The zero-order valence-electron chi connectivity index (χ0n) is 21.5. The smallest absolute Gasteiger partial charge is 0.347 e. The summed E-state index contributed by atoms with van der Waals surface area (Å²) < 4.78 is 36.6. The molecule has 0 radical (unpaired) electrons. The minimum absolute atomic E-state index is 0.00605. The Kier molecular flexibility index (Phi) is 8.44. The Hall–Kier alpha value is -4.06. The van der Waals surface area contributed by atoms with Crippen LogP contribution in [-0.4, -0.2) is 35.8 Å². The lowest BCUT2D eigenvalue weighted by atomic mass is 10.1. The normalized spacial score (nSPS) is 11.3. The largest absolute Gasteiger partial charge is 0.493 e. The molecule has 0 aliphatic heterocycles. The lowest BCUT2D eigenvalue weighted by molar-refractivity contribution is 0.0730. The predicted molar refractivity (Wildman–Crippen MR) is 153 cm³/mol. The zero-order chi connectivity index (χ0) is 28.2. The molecule has 1 heterocycles. The van der Waals surface area contributed by atoms with Crippen molar-refractivity contribution < 1.29 is 22.7 Å². The molecule has 0 amide bonds. The Bertz CT molecular complexity index is 1610. The van der Waals surface area contributed by atoms with E-state index in [0.29, 0.717) is 29.4 Å². The van der Waals surface area contributed by atoms with Gasteiger partial charge in [0.15, 0.2) is 0 Å². The Morgan fingerprint density at radius 2 is 1.72 bits per heavy atom. The van der Waals surface area contributed by atoms with E-state index < -0.39 is 16.0 Å². The minimum atomic E-state index is -3.82. The first-order chi connectivity index (χ1) is 18.6. The van der Waals surface area contributed by atoms with Gasteiger partial charge in [-0.25, -0.2) is 23.0 Å². The second-order valence-electron chi connectivity index (χ2n) is 8.81. The summed E-state index contributed by atoms with van der Waals surface area (Å²) in [6.07, 6.45) is 1.74. The molecule has 0 aliphatic carbocycles. The van der Waals surface area contributed by atoms with E-state index in [2.05, 4.69) is 5.10 Å². The number of primary sulfonamides is 1. The molecule has 0 atom stereocenters. The van der Waals surface area contributed by atoms with Crippen LogP contribution in [0.25, 0.3) is 16.9 Å². The number of aromatic nitrogens is 2. The van der Waals surface area contributed by atoms with Crippen molar-refractivity contribution >= 4 is 33.2 Å². The molecular weight excluding hydrogens is 536 g/mol. The molecule has 39 heavy (non-hydrogen) atoms. The number of carbonyl (C=O) groups excluding carboxylic acids is 1. The minimum Gasteiger partial charge on any atom is -0.493 e. The number of thiocarbonyl (C=S) groups is 1. The second-order valence-corrected chi connectivity index (χ2v) is 10.8. The van der Waals surface area contributed by atoms with Crippen molar-refractivity contribution in [3.63, 3.8) is 0 Å². The number of nitrogens with two attached hydrogens (primary N) is 2. The van der Waals surface area contributed by atoms with Crippen LogP contribution in [0.5, 0.6) is 11.5 Å². The molecule has 1 aromatic heterocycles. The standard InChI is InChI=1S/C28H28N4O5S2/c1-3-4-15-36-26-17-20(7-14-24(26)28(33)37-22-10-5-19(6-11-22)27(29)38)25-16-18(2)31-32(25)21-8-12-23(13-9-21)39(30,34)35/h5-14,16-17H,3-4,15H2,1-2H3,(H2,29,38)(H2,30,34,35). The van der Waals surface area contributed by atoms with E-state index >= 15 is 0 Å². The van der Waals surface area contributed by atoms with Gasteiger partial charge in [-0.15, -0.1) is 0 Å². The summed E-state index contributed by atoms with van der Waals surface area (Å²) in [7, 11) is -3.82. The molecule has 0 saturated carbocycles. The number of nitrogens with zero attached hydrogens (tertiary/aromatic N) is 2. The third-order valence-electron chi connectivity index (χ3n) is 5.84. The Morgan fingerprint density at radius 3 is 2.33 bits per heavy atom. The SMILES string of the molecule is CCCCOc1cc(-c2cc(C)nn2-c2ccc(S(N)(=O)=O)cc2)ccc1C(=O)Oc1ccc(C(N)=S)cc1. The number of rotatable bonds is 10. The molecule has 0 saturated heterocycles.